The lowest BCUT2D eigenvalue weighted by atomic mass is 10.0. The van der Waals surface area contributed by atoms with Crippen LogP contribution in [-0.4, -0.2) is 96.3 Å². The molecule has 2 aromatic carbocycles. The molecule has 2 heterocycles. The Bertz CT molecular complexity index is 1010. The number of anilines is 2. The van der Waals surface area contributed by atoms with Gasteiger partial charge in [0.05, 0.1) is 25.5 Å². The highest BCUT2D eigenvalue weighted by Crippen LogP contribution is 2.36. The molecule has 7 heteroatoms. The van der Waals surface area contributed by atoms with Crippen molar-refractivity contribution in [2.24, 2.45) is 0 Å². The molecule has 0 saturated carbocycles. The van der Waals surface area contributed by atoms with Gasteiger partial charge in [-0.3, -0.25) is 4.79 Å². The van der Waals surface area contributed by atoms with Crippen LogP contribution in [0.25, 0.3) is 6.08 Å². The van der Waals surface area contributed by atoms with E-state index in [0.29, 0.717) is 11.3 Å². The molecular formula is C27H36N4O3. The SMILES string of the molecule is COc1cc(OC)c(N2CCN(C)CC2)cc1C(=O)/C=C/c1ccc(N2CCN(C)CC2)cc1. The lowest BCUT2D eigenvalue weighted by Crippen LogP contribution is -2.44. The van der Waals surface area contributed by atoms with Gasteiger partial charge in [0.2, 0.25) is 0 Å². The Hall–Kier alpha value is -3.03. The molecule has 2 aliphatic heterocycles. The maximum absolute atomic E-state index is 13.2. The van der Waals surface area contributed by atoms with Crippen LogP contribution in [0.5, 0.6) is 11.5 Å². The van der Waals surface area contributed by atoms with Crippen molar-refractivity contribution in [1.29, 1.82) is 0 Å². The summed E-state index contributed by atoms with van der Waals surface area (Å²) in [5, 5.41) is 0. The molecule has 0 radical (unpaired) electrons. The Morgan fingerprint density at radius 3 is 1.88 bits per heavy atom. The molecule has 0 aliphatic carbocycles. The molecule has 0 aromatic heterocycles. The first kappa shape index (κ1) is 24.1. The Morgan fingerprint density at radius 2 is 1.32 bits per heavy atom. The summed E-state index contributed by atoms with van der Waals surface area (Å²) in [6.45, 7) is 7.97. The number of ether oxygens (including phenoxy) is 2. The maximum Gasteiger partial charge on any atom is 0.189 e. The molecule has 2 fully saturated rings. The third-order valence-corrected chi connectivity index (χ3v) is 6.80. The first-order valence-corrected chi connectivity index (χ1v) is 11.9. The van der Waals surface area contributed by atoms with Crippen molar-refractivity contribution in [3.8, 4) is 11.5 Å². The van der Waals surface area contributed by atoms with Crippen molar-refractivity contribution >= 4 is 23.2 Å². The van der Waals surface area contributed by atoms with Crippen LogP contribution in [0, 0.1) is 0 Å². The third-order valence-electron chi connectivity index (χ3n) is 6.80. The van der Waals surface area contributed by atoms with Crippen molar-refractivity contribution in [2.75, 3.05) is 90.5 Å². The highest BCUT2D eigenvalue weighted by molar-refractivity contribution is 6.09. The van der Waals surface area contributed by atoms with Gasteiger partial charge in [-0.15, -0.1) is 0 Å². The number of methoxy groups -OCH3 is 2. The molecular weight excluding hydrogens is 428 g/mol. The first-order valence-electron chi connectivity index (χ1n) is 11.9. The van der Waals surface area contributed by atoms with Crippen molar-refractivity contribution in [1.82, 2.24) is 9.80 Å². The average Bonchev–Trinajstić information content (AvgIpc) is 2.87. The quantitative estimate of drug-likeness (QED) is 0.461. The van der Waals surface area contributed by atoms with E-state index in [4.69, 9.17) is 9.47 Å². The zero-order valence-corrected chi connectivity index (χ0v) is 20.8. The molecule has 0 bridgehead atoms. The number of piperazine rings is 2. The lowest BCUT2D eigenvalue weighted by Gasteiger charge is -2.35. The van der Waals surface area contributed by atoms with Crippen LogP contribution in [-0.2, 0) is 0 Å². The third kappa shape index (κ3) is 5.54. The van der Waals surface area contributed by atoms with Gasteiger partial charge >= 0.3 is 0 Å². The summed E-state index contributed by atoms with van der Waals surface area (Å²) in [5.41, 5.74) is 3.70. The number of ketones is 1. The fourth-order valence-electron chi connectivity index (χ4n) is 4.49. The van der Waals surface area contributed by atoms with E-state index in [-0.39, 0.29) is 5.78 Å². The summed E-state index contributed by atoms with van der Waals surface area (Å²) in [6.07, 6.45) is 3.50. The maximum atomic E-state index is 13.2. The number of hydrogen-bond acceptors (Lipinski definition) is 7. The van der Waals surface area contributed by atoms with Gasteiger partial charge in [0.1, 0.15) is 11.5 Å². The normalized spacial score (nSPS) is 17.9. The smallest absolute Gasteiger partial charge is 0.189 e. The van der Waals surface area contributed by atoms with Gasteiger partial charge in [-0.05, 0) is 43.9 Å². The predicted molar refractivity (Wildman–Crippen MR) is 139 cm³/mol. The van der Waals surface area contributed by atoms with Crippen LogP contribution in [0.4, 0.5) is 11.4 Å². The van der Waals surface area contributed by atoms with E-state index >= 15 is 0 Å². The Morgan fingerprint density at radius 1 is 0.765 bits per heavy atom. The highest BCUT2D eigenvalue weighted by Gasteiger charge is 2.22. The van der Waals surface area contributed by atoms with Crippen LogP contribution in [0.2, 0.25) is 0 Å². The number of likely N-dealkylation sites (N-methyl/N-ethyl adjacent to an activating group) is 2. The van der Waals surface area contributed by atoms with E-state index in [9.17, 15) is 4.79 Å². The number of carbonyl (C=O) groups excluding carboxylic acids is 1. The van der Waals surface area contributed by atoms with Gasteiger partial charge < -0.3 is 29.1 Å². The van der Waals surface area contributed by atoms with E-state index in [1.165, 1.54) is 5.69 Å². The summed E-state index contributed by atoms with van der Waals surface area (Å²) in [6, 6.07) is 12.1. The zero-order chi connectivity index (χ0) is 24.1. The fourth-order valence-corrected chi connectivity index (χ4v) is 4.49. The summed E-state index contributed by atoms with van der Waals surface area (Å²) in [7, 11) is 7.53. The van der Waals surface area contributed by atoms with E-state index in [1.54, 1.807) is 20.3 Å². The highest BCUT2D eigenvalue weighted by atomic mass is 16.5. The second-order valence-electron chi connectivity index (χ2n) is 9.09. The largest absolute Gasteiger partial charge is 0.496 e. The van der Waals surface area contributed by atoms with Gasteiger partial charge in [-0.1, -0.05) is 18.2 Å². The van der Waals surface area contributed by atoms with E-state index in [2.05, 4.69) is 58.0 Å². The molecule has 34 heavy (non-hydrogen) atoms. The van der Waals surface area contributed by atoms with Crippen LogP contribution in [0.3, 0.4) is 0 Å². The van der Waals surface area contributed by atoms with Gasteiger partial charge in [-0.2, -0.15) is 0 Å². The summed E-state index contributed by atoms with van der Waals surface area (Å²) in [4.78, 5) is 22.5. The molecule has 7 nitrogen and oxygen atoms in total. The molecule has 0 unspecified atom stereocenters. The van der Waals surface area contributed by atoms with Gasteiger partial charge in [0.15, 0.2) is 5.78 Å². The summed E-state index contributed by atoms with van der Waals surface area (Å²) >= 11 is 0. The molecule has 2 aromatic rings. The first-order chi connectivity index (χ1) is 16.5. The number of nitrogens with zero attached hydrogens (tertiary/aromatic N) is 4. The van der Waals surface area contributed by atoms with Gasteiger partial charge in [0.25, 0.3) is 0 Å². The molecule has 2 aliphatic rings. The minimum Gasteiger partial charge on any atom is -0.496 e. The number of hydrogen-bond donors (Lipinski definition) is 0. The summed E-state index contributed by atoms with van der Waals surface area (Å²) < 4.78 is 11.2. The Labute approximate surface area is 203 Å². The zero-order valence-electron chi connectivity index (χ0n) is 20.8. The molecule has 0 spiro atoms. The number of rotatable bonds is 7. The monoisotopic (exact) mass is 464 g/mol. The van der Waals surface area contributed by atoms with Gasteiger partial charge in [0, 0.05) is 64.1 Å². The molecule has 0 amide bonds. The van der Waals surface area contributed by atoms with Crippen molar-refractivity contribution in [3.63, 3.8) is 0 Å². The number of carbonyl (C=O) groups is 1. The second kappa shape index (κ2) is 10.9. The van der Waals surface area contributed by atoms with Crippen molar-refractivity contribution in [3.05, 3.63) is 53.6 Å². The standard InChI is InChI=1S/C27H36N4O3/c1-28-11-15-30(16-12-28)22-8-5-21(6-9-22)7-10-25(32)23-19-24(27(34-4)20-26(23)33-3)31-17-13-29(2)14-18-31/h5-10,19-20H,11-18H2,1-4H3/b10-7+. The number of benzene rings is 2. The second-order valence-corrected chi connectivity index (χ2v) is 9.09. The lowest BCUT2D eigenvalue weighted by molar-refractivity contribution is 0.104. The van der Waals surface area contributed by atoms with Crippen molar-refractivity contribution < 1.29 is 14.3 Å². The molecule has 2 saturated heterocycles. The Balaban J connectivity index is 1.51. The van der Waals surface area contributed by atoms with Gasteiger partial charge in [-0.25, -0.2) is 0 Å². The van der Waals surface area contributed by atoms with Crippen LogP contribution in [0.1, 0.15) is 15.9 Å². The van der Waals surface area contributed by atoms with Crippen LogP contribution in [0.15, 0.2) is 42.5 Å². The van der Waals surface area contributed by atoms with Crippen molar-refractivity contribution in [2.45, 2.75) is 0 Å². The van der Waals surface area contributed by atoms with E-state index < -0.39 is 0 Å². The summed E-state index contributed by atoms with van der Waals surface area (Å²) in [5.74, 6) is 1.16. The average molecular weight is 465 g/mol. The predicted octanol–water partition coefficient (Wildman–Crippen LogP) is 3.10. The molecule has 4 rings (SSSR count). The fraction of sp³-hybridized carbons (Fsp3) is 0.444. The van der Waals surface area contributed by atoms with E-state index in [0.717, 1.165) is 69.4 Å². The number of allylic oxidation sites excluding steroid dienone is 1. The van der Waals surface area contributed by atoms with E-state index in [1.807, 2.05) is 18.2 Å². The minimum absolute atomic E-state index is 0.0852. The molecule has 182 valence electrons. The minimum atomic E-state index is -0.0852. The molecule has 0 atom stereocenters. The van der Waals surface area contributed by atoms with Crippen LogP contribution < -0.4 is 19.3 Å². The topological polar surface area (TPSA) is 48.5 Å². The van der Waals surface area contributed by atoms with Crippen LogP contribution >= 0.6 is 0 Å². The molecule has 0 N–H and O–H groups in total. The Kier molecular flexibility index (Phi) is 7.75.